The van der Waals surface area contributed by atoms with Crippen molar-refractivity contribution in [2.75, 3.05) is 19.8 Å². The van der Waals surface area contributed by atoms with Crippen LogP contribution in [0.4, 0.5) is 0 Å². The molecular formula is C23H21NO4. The molecule has 0 radical (unpaired) electrons. The van der Waals surface area contributed by atoms with E-state index in [1.807, 2.05) is 48.5 Å². The lowest BCUT2D eigenvalue weighted by Crippen LogP contribution is -2.25. The van der Waals surface area contributed by atoms with Crippen molar-refractivity contribution in [1.29, 1.82) is 0 Å². The third-order valence-corrected chi connectivity index (χ3v) is 4.40. The highest BCUT2D eigenvalue weighted by molar-refractivity contribution is 5.94. The fourth-order valence-electron chi connectivity index (χ4n) is 2.96. The molecule has 1 aliphatic rings. The Morgan fingerprint density at radius 2 is 1.57 bits per heavy atom. The second kappa shape index (κ2) is 8.48. The zero-order valence-electron chi connectivity index (χ0n) is 15.4. The molecule has 0 spiro atoms. The first-order chi connectivity index (χ1) is 13.8. The topological polar surface area (TPSA) is 56.8 Å². The van der Waals surface area contributed by atoms with Gasteiger partial charge >= 0.3 is 0 Å². The second-order valence-electron chi connectivity index (χ2n) is 6.42. The summed E-state index contributed by atoms with van der Waals surface area (Å²) in [6.07, 6.45) is 0.720. The summed E-state index contributed by atoms with van der Waals surface area (Å²) in [6.45, 7) is 1.69. The molecule has 4 rings (SSSR count). The van der Waals surface area contributed by atoms with Crippen LogP contribution in [0.25, 0.3) is 0 Å². The number of ether oxygens (including phenoxy) is 3. The summed E-state index contributed by atoms with van der Waals surface area (Å²) in [7, 11) is 0. The van der Waals surface area contributed by atoms with Crippen molar-refractivity contribution >= 4 is 5.91 Å². The van der Waals surface area contributed by atoms with Gasteiger partial charge in [-0.15, -0.1) is 0 Å². The summed E-state index contributed by atoms with van der Waals surface area (Å²) in [5.41, 5.74) is 1.69. The zero-order valence-corrected chi connectivity index (χ0v) is 15.4. The minimum atomic E-state index is -0.108. The Hall–Kier alpha value is -3.47. The van der Waals surface area contributed by atoms with E-state index in [-0.39, 0.29) is 5.91 Å². The molecule has 142 valence electrons. The van der Waals surface area contributed by atoms with Crippen molar-refractivity contribution < 1.29 is 19.0 Å². The molecule has 0 aromatic heterocycles. The molecule has 0 unspecified atom stereocenters. The van der Waals surface area contributed by atoms with Gasteiger partial charge < -0.3 is 19.5 Å². The Kier molecular flexibility index (Phi) is 5.43. The van der Waals surface area contributed by atoms with Crippen molar-refractivity contribution in [3.8, 4) is 23.0 Å². The highest BCUT2D eigenvalue weighted by Crippen LogP contribution is 2.30. The largest absolute Gasteiger partial charge is 0.486 e. The van der Waals surface area contributed by atoms with E-state index < -0.39 is 0 Å². The average Bonchev–Trinajstić information content (AvgIpc) is 2.75. The SMILES string of the molecule is O=C(NCCc1ccc2c(c1)OCCO2)c1ccc(Oc2ccccc2)cc1. The smallest absolute Gasteiger partial charge is 0.251 e. The zero-order chi connectivity index (χ0) is 19.2. The number of benzene rings is 3. The van der Waals surface area contributed by atoms with Crippen molar-refractivity contribution in [3.63, 3.8) is 0 Å². The van der Waals surface area contributed by atoms with Gasteiger partial charge in [0.05, 0.1) is 0 Å². The van der Waals surface area contributed by atoms with Gasteiger partial charge in [0, 0.05) is 12.1 Å². The molecule has 0 bridgehead atoms. The van der Waals surface area contributed by atoms with Crippen molar-refractivity contribution in [3.05, 3.63) is 83.9 Å². The third kappa shape index (κ3) is 4.43. The Morgan fingerprint density at radius 3 is 2.36 bits per heavy atom. The highest BCUT2D eigenvalue weighted by Gasteiger charge is 2.12. The predicted octanol–water partition coefficient (Wildman–Crippen LogP) is 4.22. The van der Waals surface area contributed by atoms with Crippen LogP contribution in [0.2, 0.25) is 0 Å². The molecule has 1 heterocycles. The first-order valence-corrected chi connectivity index (χ1v) is 9.28. The average molecular weight is 375 g/mol. The Bertz CT molecular complexity index is 939. The molecule has 1 N–H and O–H groups in total. The van der Waals surface area contributed by atoms with Gasteiger partial charge in [0.1, 0.15) is 24.7 Å². The number of carbonyl (C=O) groups excluding carboxylic acids is 1. The van der Waals surface area contributed by atoms with E-state index in [0.29, 0.717) is 31.1 Å². The molecule has 0 atom stereocenters. The minimum Gasteiger partial charge on any atom is -0.486 e. The lowest BCUT2D eigenvalue weighted by atomic mass is 10.1. The minimum absolute atomic E-state index is 0.108. The van der Waals surface area contributed by atoms with Crippen LogP contribution in [0.5, 0.6) is 23.0 Å². The lowest BCUT2D eigenvalue weighted by Gasteiger charge is -2.18. The van der Waals surface area contributed by atoms with Gasteiger partial charge in [0.15, 0.2) is 11.5 Å². The first kappa shape index (κ1) is 17.9. The van der Waals surface area contributed by atoms with Crippen LogP contribution < -0.4 is 19.5 Å². The van der Waals surface area contributed by atoms with Gasteiger partial charge in [-0.05, 0) is 60.5 Å². The third-order valence-electron chi connectivity index (χ3n) is 4.40. The van der Waals surface area contributed by atoms with Gasteiger partial charge in [0.2, 0.25) is 0 Å². The fourth-order valence-corrected chi connectivity index (χ4v) is 2.96. The molecular weight excluding hydrogens is 354 g/mol. The number of carbonyl (C=O) groups is 1. The molecule has 0 fully saturated rings. The lowest BCUT2D eigenvalue weighted by molar-refractivity contribution is 0.0954. The molecule has 3 aromatic rings. The van der Waals surface area contributed by atoms with E-state index in [9.17, 15) is 4.79 Å². The summed E-state index contributed by atoms with van der Waals surface area (Å²) < 4.78 is 16.9. The molecule has 1 aliphatic heterocycles. The molecule has 0 saturated heterocycles. The van der Waals surface area contributed by atoms with E-state index in [1.54, 1.807) is 24.3 Å². The maximum absolute atomic E-state index is 12.3. The van der Waals surface area contributed by atoms with E-state index in [4.69, 9.17) is 14.2 Å². The van der Waals surface area contributed by atoms with E-state index in [2.05, 4.69) is 5.32 Å². The summed E-state index contributed by atoms with van der Waals surface area (Å²) in [4.78, 5) is 12.3. The maximum Gasteiger partial charge on any atom is 0.251 e. The van der Waals surface area contributed by atoms with E-state index in [0.717, 1.165) is 29.2 Å². The Balaban J connectivity index is 1.29. The Morgan fingerprint density at radius 1 is 0.857 bits per heavy atom. The van der Waals surface area contributed by atoms with Crippen LogP contribution in [0.15, 0.2) is 72.8 Å². The number of hydrogen-bond acceptors (Lipinski definition) is 4. The quantitative estimate of drug-likeness (QED) is 0.701. The molecule has 1 amide bonds. The van der Waals surface area contributed by atoms with E-state index in [1.165, 1.54) is 0 Å². The summed E-state index contributed by atoms with van der Waals surface area (Å²) >= 11 is 0. The number of amides is 1. The molecule has 3 aromatic carbocycles. The maximum atomic E-state index is 12.3. The molecule has 5 heteroatoms. The van der Waals surface area contributed by atoms with E-state index >= 15 is 0 Å². The molecule has 28 heavy (non-hydrogen) atoms. The van der Waals surface area contributed by atoms with Crippen LogP contribution in [-0.4, -0.2) is 25.7 Å². The van der Waals surface area contributed by atoms with Crippen LogP contribution in [0.1, 0.15) is 15.9 Å². The monoisotopic (exact) mass is 375 g/mol. The normalized spacial score (nSPS) is 12.3. The van der Waals surface area contributed by atoms with Crippen molar-refractivity contribution in [2.45, 2.75) is 6.42 Å². The number of nitrogens with one attached hydrogen (secondary N) is 1. The van der Waals surface area contributed by atoms with Crippen LogP contribution in [0.3, 0.4) is 0 Å². The van der Waals surface area contributed by atoms with Crippen molar-refractivity contribution in [2.24, 2.45) is 0 Å². The Labute approximate surface area is 163 Å². The number of fused-ring (bicyclic) bond motifs is 1. The highest BCUT2D eigenvalue weighted by atomic mass is 16.6. The van der Waals surface area contributed by atoms with Crippen LogP contribution >= 0.6 is 0 Å². The molecule has 0 saturated carbocycles. The van der Waals surface area contributed by atoms with Gasteiger partial charge in [-0.2, -0.15) is 0 Å². The van der Waals surface area contributed by atoms with Crippen LogP contribution in [-0.2, 0) is 6.42 Å². The van der Waals surface area contributed by atoms with Crippen molar-refractivity contribution in [1.82, 2.24) is 5.32 Å². The standard InChI is InChI=1S/C23H21NO4/c25-23(18-7-9-20(10-8-18)28-19-4-2-1-3-5-19)24-13-12-17-6-11-21-22(16-17)27-15-14-26-21/h1-11,16H,12-15H2,(H,24,25). The number of para-hydroxylation sites is 1. The van der Waals surface area contributed by atoms with Gasteiger partial charge in [-0.3, -0.25) is 4.79 Å². The second-order valence-corrected chi connectivity index (χ2v) is 6.42. The van der Waals surface area contributed by atoms with Crippen LogP contribution in [0, 0.1) is 0 Å². The number of hydrogen-bond donors (Lipinski definition) is 1. The predicted molar refractivity (Wildman–Crippen MR) is 106 cm³/mol. The molecule has 0 aliphatic carbocycles. The number of rotatable bonds is 6. The summed E-state index contributed by atoms with van der Waals surface area (Å²) in [6, 6.07) is 22.5. The summed E-state index contributed by atoms with van der Waals surface area (Å²) in [5.74, 6) is 2.89. The van der Waals surface area contributed by atoms with Gasteiger partial charge in [-0.1, -0.05) is 24.3 Å². The first-order valence-electron chi connectivity index (χ1n) is 9.28. The van der Waals surface area contributed by atoms with Gasteiger partial charge in [-0.25, -0.2) is 0 Å². The fraction of sp³-hybridized carbons (Fsp3) is 0.174. The summed E-state index contributed by atoms with van der Waals surface area (Å²) in [5, 5.41) is 2.94. The van der Waals surface area contributed by atoms with Gasteiger partial charge in [0.25, 0.3) is 5.91 Å². The molecule has 5 nitrogen and oxygen atoms in total.